The summed E-state index contributed by atoms with van der Waals surface area (Å²) in [6, 6.07) is 6.20. The SMILES string of the molecule is O=C(CSc1nc2ncccn2n1)Nc1ccc(S(=O)(=O)C(F)F)cc1. The van der Waals surface area contributed by atoms with Crippen molar-refractivity contribution < 1.29 is 22.0 Å². The van der Waals surface area contributed by atoms with Gasteiger partial charge in [-0.1, -0.05) is 11.8 Å². The van der Waals surface area contributed by atoms with Crippen LogP contribution >= 0.6 is 11.8 Å². The van der Waals surface area contributed by atoms with E-state index in [4.69, 9.17) is 0 Å². The molecule has 0 radical (unpaired) electrons. The van der Waals surface area contributed by atoms with E-state index in [2.05, 4.69) is 20.4 Å². The number of aromatic nitrogens is 4. The van der Waals surface area contributed by atoms with E-state index >= 15 is 0 Å². The van der Waals surface area contributed by atoms with E-state index in [1.54, 1.807) is 18.5 Å². The Morgan fingerprint density at radius 2 is 2.00 bits per heavy atom. The van der Waals surface area contributed by atoms with Crippen LogP contribution in [0.15, 0.2) is 52.8 Å². The predicted octanol–water partition coefficient (Wildman–Crippen LogP) is 1.85. The fraction of sp³-hybridized carbons (Fsp3) is 0.143. The van der Waals surface area contributed by atoms with Crippen molar-refractivity contribution in [3.63, 3.8) is 0 Å². The van der Waals surface area contributed by atoms with Gasteiger partial charge in [-0.2, -0.15) is 13.8 Å². The van der Waals surface area contributed by atoms with Crippen LogP contribution in [0.5, 0.6) is 0 Å². The van der Waals surface area contributed by atoms with Crippen molar-refractivity contribution in [2.75, 3.05) is 11.1 Å². The van der Waals surface area contributed by atoms with Gasteiger partial charge < -0.3 is 5.32 Å². The first-order valence-electron chi connectivity index (χ1n) is 7.08. The number of rotatable bonds is 6. The molecule has 26 heavy (non-hydrogen) atoms. The molecule has 12 heteroatoms. The van der Waals surface area contributed by atoms with Gasteiger partial charge in [-0.3, -0.25) is 4.79 Å². The molecule has 0 aliphatic rings. The number of thioether (sulfide) groups is 1. The van der Waals surface area contributed by atoms with E-state index in [0.29, 0.717) is 10.9 Å². The maximum absolute atomic E-state index is 12.5. The zero-order valence-corrected chi connectivity index (χ0v) is 14.5. The minimum absolute atomic E-state index is 0.00790. The Hall–Kier alpha value is -2.60. The van der Waals surface area contributed by atoms with Crippen LogP contribution in [0.4, 0.5) is 14.5 Å². The third kappa shape index (κ3) is 3.96. The van der Waals surface area contributed by atoms with E-state index in [-0.39, 0.29) is 17.3 Å². The Morgan fingerprint density at radius 3 is 2.65 bits per heavy atom. The van der Waals surface area contributed by atoms with E-state index in [1.165, 1.54) is 16.6 Å². The molecule has 0 spiro atoms. The van der Waals surface area contributed by atoms with E-state index in [1.807, 2.05) is 0 Å². The second-order valence-corrected chi connectivity index (χ2v) is 7.79. The van der Waals surface area contributed by atoms with Gasteiger partial charge in [-0.05, 0) is 30.3 Å². The Labute approximate surface area is 150 Å². The van der Waals surface area contributed by atoms with Crippen molar-refractivity contribution in [1.82, 2.24) is 19.6 Å². The van der Waals surface area contributed by atoms with Crippen LogP contribution in [0.25, 0.3) is 5.78 Å². The molecule has 2 heterocycles. The molecule has 0 saturated carbocycles. The third-order valence-corrected chi connectivity index (χ3v) is 5.37. The number of hydrogen-bond donors (Lipinski definition) is 1. The molecule has 0 aliphatic carbocycles. The van der Waals surface area contributed by atoms with Gasteiger partial charge in [0.15, 0.2) is 0 Å². The van der Waals surface area contributed by atoms with Crippen LogP contribution in [0, 0.1) is 0 Å². The lowest BCUT2D eigenvalue weighted by Gasteiger charge is -2.06. The predicted molar refractivity (Wildman–Crippen MR) is 89.8 cm³/mol. The van der Waals surface area contributed by atoms with Gasteiger partial charge in [-0.25, -0.2) is 17.9 Å². The third-order valence-electron chi connectivity index (χ3n) is 3.13. The van der Waals surface area contributed by atoms with Crippen molar-refractivity contribution in [3.8, 4) is 0 Å². The highest BCUT2D eigenvalue weighted by atomic mass is 32.2. The fourth-order valence-electron chi connectivity index (χ4n) is 1.93. The number of sulfone groups is 1. The lowest BCUT2D eigenvalue weighted by atomic mass is 10.3. The van der Waals surface area contributed by atoms with Crippen molar-refractivity contribution in [2.45, 2.75) is 15.8 Å². The molecule has 0 saturated heterocycles. The Kier molecular flexibility index (Phi) is 5.13. The first kappa shape index (κ1) is 18.2. The molecule has 0 fully saturated rings. The molecule has 0 unspecified atom stereocenters. The highest BCUT2D eigenvalue weighted by Gasteiger charge is 2.26. The van der Waals surface area contributed by atoms with Crippen LogP contribution in [0.2, 0.25) is 0 Å². The summed E-state index contributed by atoms with van der Waals surface area (Å²) in [5, 5.41) is 7.04. The molecule has 0 atom stereocenters. The Balaban J connectivity index is 1.59. The summed E-state index contributed by atoms with van der Waals surface area (Å²) < 4.78 is 49.1. The molecular formula is C14H11F2N5O3S2. The number of halogens is 2. The normalized spacial score (nSPS) is 11.8. The second kappa shape index (κ2) is 7.33. The maximum Gasteiger partial charge on any atom is 0.341 e. The number of amides is 1. The fourth-order valence-corrected chi connectivity index (χ4v) is 3.28. The molecule has 2 aromatic heterocycles. The molecule has 3 rings (SSSR count). The number of benzene rings is 1. The average Bonchev–Trinajstić information content (AvgIpc) is 3.03. The molecule has 1 N–H and O–H groups in total. The first-order chi connectivity index (χ1) is 12.4. The number of nitrogens with one attached hydrogen (secondary N) is 1. The number of alkyl halides is 2. The van der Waals surface area contributed by atoms with Crippen molar-refractivity contribution in [2.24, 2.45) is 0 Å². The van der Waals surface area contributed by atoms with Crippen LogP contribution in [0.3, 0.4) is 0 Å². The highest BCUT2D eigenvalue weighted by Crippen LogP contribution is 2.20. The van der Waals surface area contributed by atoms with Gasteiger partial charge >= 0.3 is 5.76 Å². The van der Waals surface area contributed by atoms with Crippen LogP contribution in [-0.2, 0) is 14.6 Å². The van der Waals surface area contributed by atoms with Gasteiger partial charge in [0.05, 0.1) is 10.6 Å². The van der Waals surface area contributed by atoms with Crippen molar-refractivity contribution in [1.29, 1.82) is 0 Å². The monoisotopic (exact) mass is 399 g/mol. The van der Waals surface area contributed by atoms with Gasteiger partial charge in [0.25, 0.3) is 5.78 Å². The maximum atomic E-state index is 12.5. The second-order valence-electron chi connectivity index (χ2n) is 4.93. The van der Waals surface area contributed by atoms with Gasteiger partial charge in [0, 0.05) is 18.1 Å². The van der Waals surface area contributed by atoms with Crippen molar-refractivity contribution in [3.05, 3.63) is 42.7 Å². The number of anilines is 1. The molecule has 3 aromatic rings. The standard InChI is InChI=1S/C14H11F2N5O3S2/c15-12(16)26(23,24)10-4-2-9(3-5-10)18-11(22)8-25-14-19-13-17-6-1-7-21(13)20-14/h1-7,12H,8H2,(H,18,22). The van der Waals surface area contributed by atoms with Crippen LogP contribution < -0.4 is 5.32 Å². The molecular weight excluding hydrogens is 388 g/mol. The van der Waals surface area contributed by atoms with Gasteiger partial charge in [0.1, 0.15) is 0 Å². The lowest BCUT2D eigenvalue weighted by Crippen LogP contribution is -2.15. The summed E-state index contributed by atoms with van der Waals surface area (Å²) in [6.07, 6.45) is 3.25. The number of carbonyl (C=O) groups is 1. The minimum Gasteiger partial charge on any atom is -0.325 e. The number of hydrogen-bond acceptors (Lipinski definition) is 7. The van der Waals surface area contributed by atoms with Gasteiger partial charge in [0.2, 0.25) is 20.9 Å². The largest absolute Gasteiger partial charge is 0.341 e. The van der Waals surface area contributed by atoms with Crippen LogP contribution in [-0.4, -0.2) is 45.4 Å². The lowest BCUT2D eigenvalue weighted by molar-refractivity contribution is -0.113. The molecule has 136 valence electrons. The average molecular weight is 399 g/mol. The zero-order chi connectivity index (χ0) is 18.7. The topological polar surface area (TPSA) is 106 Å². The molecule has 8 nitrogen and oxygen atoms in total. The Bertz CT molecular complexity index is 1010. The number of carbonyl (C=O) groups excluding carboxylic acids is 1. The minimum atomic E-state index is -4.66. The number of fused-ring (bicyclic) bond motifs is 1. The quantitative estimate of drug-likeness (QED) is 0.631. The summed E-state index contributed by atoms with van der Waals surface area (Å²) in [7, 11) is -4.66. The molecule has 1 aromatic carbocycles. The summed E-state index contributed by atoms with van der Waals surface area (Å²) in [6.45, 7) is 0. The molecule has 0 bridgehead atoms. The summed E-state index contributed by atoms with van der Waals surface area (Å²) in [5.74, 6) is -3.46. The summed E-state index contributed by atoms with van der Waals surface area (Å²) in [5.41, 5.74) is 0.286. The molecule has 0 aliphatic heterocycles. The van der Waals surface area contributed by atoms with Gasteiger partial charge in [-0.15, -0.1) is 5.10 Å². The highest BCUT2D eigenvalue weighted by molar-refractivity contribution is 7.99. The zero-order valence-electron chi connectivity index (χ0n) is 12.9. The summed E-state index contributed by atoms with van der Waals surface area (Å²) >= 11 is 1.09. The molecule has 1 amide bonds. The smallest absolute Gasteiger partial charge is 0.325 e. The van der Waals surface area contributed by atoms with E-state index in [9.17, 15) is 22.0 Å². The van der Waals surface area contributed by atoms with Crippen molar-refractivity contribution >= 4 is 39.0 Å². The van der Waals surface area contributed by atoms with E-state index in [0.717, 1.165) is 23.9 Å². The Morgan fingerprint density at radius 1 is 1.27 bits per heavy atom. The number of nitrogens with zero attached hydrogens (tertiary/aromatic N) is 4. The summed E-state index contributed by atoms with van der Waals surface area (Å²) in [4.78, 5) is 19.6. The first-order valence-corrected chi connectivity index (χ1v) is 9.61. The van der Waals surface area contributed by atoms with Crippen LogP contribution in [0.1, 0.15) is 0 Å². The van der Waals surface area contributed by atoms with E-state index < -0.39 is 20.5 Å².